The van der Waals surface area contributed by atoms with Crippen LogP contribution in [0.4, 0.5) is 0 Å². The molecule has 0 saturated carbocycles. The Kier molecular flexibility index (Phi) is 6.52. The lowest BCUT2D eigenvalue weighted by atomic mass is 10.0. The molecule has 0 radical (unpaired) electrons. The molecule has 2 aromatic carbocycles. The molecule has 7 nitrogen and oxygen atoms in total. The molecule has 0 aliphatic carbocycles. The molecule has 4 rings (SSSR count). The lowest BCUT2D eigenvalue weighted by Gasteiger charge is -2.22. The van der Waals surface area contributed by atoms with Crippen molar-refractivity contribution in [2.45, 2.75) is 12.8 Å². The molecular formula is C24H25NO6. The minimum Gasteiger partial charge on any atom is -0.493 e. The number of ether oxygens (including phenoxy) is 3. The van der Waals surface area contributed by atoms with E-state index in [-0.39, 0.29) is 12.5 Å². The molecule has 3 aromatic rings. The zero-order valence-electron chi connectivity index (χ0n) is 17.4. The highest BCUT2D eigenvalue weighted by Crippen LogP contribution is 2.28. The second kappa shape index (κ2) is 9.66. The number of methoxy groups -OCH3 is 1. The van der Waals surface area contributed by atoms with Crippen LogP contribution >= 0.6 is 0 Å². The Balaban J connectivity index is 1.38. The van der Waals surface area contributed by atoms with Gasteiger partial charge in [-0.1, -0.05) is 24.3 Å². The Morgan fingerprint density at radius 1 is 1.13 bits per heavy atom. The minimum absolute atomic E-state index is 0.0551. The molecule has 0 spiro atoms. The summed E-state index contributed by atoms with van der Waals surface area (Å²) < 4.78 is 21.6. The van der Waals surface area contributed by atoms with Crippen LogP contribution in [0.25, 0.3) is 22.1 Å². The average molecular weight is 423 g/mol. The van der Waals surface area contributed by atoms with Crippen molar-refractivity contribution < 1.29 is 23.4 Å². The summed E-state index contributed by atoms with van der Waals surface area (Å²) in [6, 6.07) is 14.2. The van der Waals surface area contributed by atoms with Crippen molar-refractivity contribution in [1.82, 2.24) is 5.32 Å². The van der Waals surface area contributed by atoms with Gasteiger partial charge in [-0.25, -0.2) is 4.79 Å². The van der Waals surface area contributed by atoms with Gasteiger partial charge in [0.2, 0.25) is 0 Å². The zero-order chi connectivity index (χ0) is 21.6. The van der Waals surface area contributed by atoms with E-state index in [1.54, 1.807) is 36.4 Å². The average Bonchev–Trinajstić information content (AvgIpc) is 2.81. The van der Waals surface area contributed by atoms with Crippen LogP contribution in [-0.2, 0) is 9.53 Å². The number of para-hydroxylation sites is 1. The van der Waals surface area contributed by atoms with Crippen LogP contribution in [0.2, 0.25) is 0 Å². The van der Waals surface area contributed by atoms with Crippen LogP contribution in [0, 0.1) is 5.92 Å². The van der Waals surface area contributed by atoms with Gasteiger partial charge in [-0.15, -0.1) is 0 Å². The third-order valence-electron chi connectivity index (χ3n) is 5.41. The molecule has 31 heavy (non-hydrogen) atoms. The van der Waals surface area contributed by atoms with E-state index >= 15 is 0 Å². The predicted molar refractivity (Wildman–Crippen MR) is 117 cm³/mol. The number of hydrogen-bond acceptors (Lipinski definition) is 6. The van der Waals surface area contributed by atoms with Gasteiger partial charge in [0.25, 0.3) is 5.91 Å². The fourth-order valence-electron chi connectivity index (χ4n) is 3.62. The number of fused-ring (bicyclic) bond motifs is 1. The Bertz CT molecular complexity index is 1100. The van der Waals surface area contributed by atoms with E-state index in [9.17, 15) is 9.59 Å². The van der Waals surface area contributed by atoms with Crippen LogP contribution in [0.5, 0.6) is 11.5 Å². The van der Waals surface area contributed by atoms with Crippen molar-refractivity contribution in [1.29, 1.82) is 0 Å². The quantitative estimate of drug-likeness (QED) is 0.586. The third kappa shape index (κ3) is 5.06. The Labute approximate surface area is 179 Å². The molecule has 0 bridgehead atoms. The van der Waals surface area contributed by atoms with Crippen LogP contribution in [-0.4, -0.2) is 39.4 Å². The molecule has 2 heterocycles. The fourth-order valence-corrected chi connectivity index (χ4v) is 3.62. The second-order valence-electron chi connectivity index (χ2n) is 7.50. The van der Waals surface area contributed by atoms with Crippen molar-refractivity contribution in [3.05, 3.63) is 59.0 Å². The summed E-state index contributed by atoms with van der Waals surface area (Å²) in [5.74, 6) is 1.38. The monoisotopic (exact) mass is 423 g/mol. The molecule has 1 aliphatic rings. The summed E-state index contributed by atoms with van der Waals surface area (Å²) in [5.41, 5.74) is 1.12. The zero-order valence-corrected chi connectivity index (χ0v) is 17.4. The fraction of sp³-hybridized carbons (Fsp3) is 0.333. The lowest BCUT2D eigenvalue weighted by molar-refractivity contribution is -0.123. The van der Waals surface area contributed by atoms with Gasteiger partial charge in [0.1, 0.15) is 5.75 Å². The van der Waals surface area contributed by atoms with Crippen molar-refractivity contribution in [3.8, 4) is 22.6 Å². The second-order valence-corrected chi connectivity index (χ2v) is 7.50. The molecule has 0 unspecified atom stereocenters. The first kappa shape index (κ1) is 20.9. The molecule has 1 fully saturated rings. The molecule has 1 aliphatic heterocycles. The molecule has 1 amide bonds. The minimum atomic E-state index is -0.446. The van der Waals surface area contributed by atoms with Crippen LogP contribution in [0.3, 0.4) is 0 Å². The van der Waals surface area contributed by atoms with Gasteiger partial charge in [0.15, 0.2) is 17.9 Å². The van der Waals surface area contributed by atoms with Crippen molar-refractivity contribution in [3.63, 3.8) is 0 Å². The normalized spacial score (nSPS) is 14.4. The highest BCUT2D eigenvalue weighted by atomic mass is 16.5. The maximum Gasteiger partial charge on any atom is 0.344 e. The van der Waals surface area contributed by atoms with Gasteiger partial charge in [-0.05, 0) is 48.6 Å². The van der Waals surface area contributed by atoms with E-state index in [0.717, 1.165) is 31.4 Å². The highest BCUT2D eigenvalue weighted by molar-refractivity contribution is 5.86. The van der Waals surface area contributed by atoms with Crippen molar-refractivity contribution in [2.75, 3.05) is 33.5 Å². The molecule has 7 heteroatoms. The van der Waals surface area contributed by atoms with Crippen LogP contribution in [0.15, 0.2) is 57.7 Å². The van der Waals surface area contributed by atoms with Gasteiger partial charge >= 0.3 is 5.63 Å². The van der Waals surface area contributed by atoms with Gasteiger partial charge in [0, 0.05) is 25.1 Å². The van der Waals surface area contributed by atoms with Gasteiger partial charge < -0.3 is 23.9 Å². The number of amides is 1. The highest BCUT2D eigenvalue weighted by Gasteiger charge is 2.15. The molecule has 0 atom stereocenters. The first-order valence-corrected chi connectivity index (χ1v) is 10.3. The topological polar surface area (TPSA) is 87.0 Å². The number of carbonyl (C=O) groups is 1. The summed E-state index contributed by atoms with van der Waals surface area (Å²) in [7, 11) is 1.53. The summed E-state index contributed by atoms with van der Waals surface area (Å²) in [6.45, 7) is 2.10. The molecule has 1 aromatic heterocycles. The van der Waals surface area contributed by atoms with E-state index in [1.165, 1.54) is 7.11 Å². The van der Waals surface area contributed by atoms with Gasteiger partial charge in [-0.2, -0.15) is 0 Å². The Morgan fingerprint density at radius 3 is 2.65 bits per heavy atom. The van der Waals surface area contributed by atoms with Gasteiger partial charge in [0.05, 0.1) is 12.7 Å². The van der Waals surface area contributed by atoms with E-state index in [0.29, 0.717) is 40.7 Å². The predicted octanol–water partition coefficient (Wildman–Crippen LogP) is 3.39. The molecule has 162 valence electrons. The number of carbonyl (C=O) groups excluding carboxylic acids is 1. The maximum absolute atomic E-state index is 12.5. The standard InChI is InChI=1S/C24H25NO6/c1-28-21-4-2-3-18-13-20(24(27)31-23(18)21)17-5-7-19(8-6-17)30-15-22(26)25-14-16-9-11-29-12-10-16/h2-8,13,16H,9-12,14-15H2,1H3,(H,25,26). The third-order valence-corrected chi connectivity index (χ3v) is 5.41. The van der Waals surface area contributed by atoms with E-state index < -0.39 is 5.63 Å². The van der Waals surface area contributed by atoms with E-state index in [1.807, 2.05) is 12.1 Å². The first-order chi connectivity index (χ1) is 15.1. The van der Waals surface area contributed by atoms with E-state index in [4.69, 9.17) is 18.6 Å². The summed E-state index contributed by atoms with van der Waals surface area (Å²) in [6.07, 6.45) is 1.94. The van der Waals surface area contributed by atoms with Crippen LogP contribution < -0.4 is 20.4 Å². The van der Waals surface area contributed by atoms with Gasteiger partial charge in [-0.3, -0.25) is 4.79 Å². The Hall–Kier alpha value is -3.32. The number of nitrogens with one attached hydrogen (secondary N) is 1. The number of rotatable bonds is 7. The molecule has 1 N–H and O–H groups in total. The maximum atomic E-state index is 12.5. The van der Waals surface area contributed by atoms with Crippen molar-refractivity contribution in [2.24, 2.45) is 5.92 Å². The molecular weight excluding hydrogens is 398 g/mol. The first-order valence-electron chi connectivity index (χ1n) is 10.3. The summed E-state index contributed by atoms with van der Waals surface area (Å²) in [4.78, 5) is 24.5. The summed E-state index contributed by atoms with van der Waals surface area (Å²) >= 11 is 0. The van der Waals surface area contributed by atoms with Crippen molar-refractivity contribution >= 4 is 16.9 Å². The number of hydrogen-bond donors (Lipinski definition) is 1. The van der Waals surface area contributed by atoms with Crippen LogP contribution in [0.1, 0.15) is 12.8 Å². The smallest absolute Gasteiger partial charge is 0.344 e. The largest absolute Gasteiger partial charge is 0.493 e. The lowest BCUT2D eigenvalue weighted by Crippen LogP contribution is -2.35. The summed E-state index contributed by atoms with van der Waals surface area (Å²) in [5, 5.41) is 3.68. The molecule has 1 saturated heterocycles. The SMILES string of the molecule is COc1cccc2cc(-c3ccc(OCC(=O)NCC4CCOCC4)cc3)c(=O)oc12. The Morgan fingerprint density at radius 2 is 1.90 bits per heavy atom. The number of benzene rings is 2. The van der Waals surface area contributed by atoms with E-state index in [2.05, 4.69) is 5.32 Å².